The summed E-state index contributed by atoms with van der Waals surface area (Å²) in [6.07, 6.45) is 11.9. The molecule has 0 heterocycles. The third-order valence-electron chi connectivity index (χ3n) is 4.57. The zero-order valence-corrected chi connectivity index (χ0v) is 17.2. The van der Waals surface area contributed by atoms with Gasteiger partial charge in [0.1, 0.15) is 0 Å². The first kappa shape index (κ1) is 20.3. The van der Waals surface area contributed by atoms with Gasteiger partial charge in [-0.05, 0) is 66.8 Å². The van der Waals surface area contributed by atoms with Crippen LogP contribution in [-0.4, -0.2) is 26.1 Å². The Bertz CT molecular complexity index is 744. The number of benzene rings is 2. The summed E-state index contributed by atoms with van der Waals surface area (Å²) in [5, 5.41) is 0. The maximum Gasteiger partial charge on any atom is 0.0277 e. The molecule has 0 aliphatic carbocycles. The fraction of sp³-hybridized carbons (Fsp3) is 0.292. The van der Waals surface area contributed by atoms with Crippen LogP contribution in [0.2, 0.25) is 0 Å². The first-order chi connectivity index (χ1) is 12.7. The van der Waals surface area contributed by atoms with E-state index in [0.717, 1.165) is 27.6 Å². The summed E-state index contributed by atoms with van der Waals surface area (Å²) in [4.78, 5) is 4.08. The highest BCUT2D eigenvalue weighted by molar-refractivity contribution is 7.37. The van der Waals surface area contributed by atoms with Crippen LogP contribution in [0.1, 0.15) is 29.0 Å². The van der Waals surface area contributed by atoms with Crippen molar-refractivity contribution in [2.75, 3.05) is 19.9 Å². The zero-order chi connectivity index (χ0) is 18.6. The molecular formula is C24H30NP. The Hall–Kier alpha value is -1.98. The first-order valence-electron chi connectivity index (χ1n) is 9.26. The Balaban J connectivity index is 2.16. The molecule has 0 saturated heterocycles. The monoisotopic (exact) mass is 363 g/mol. The summed E-state index contributed by atoms with van der Waals surface area (Å²) in [6, 6.07) is 19.6. The summed E-state index contributed by atoms with van der Waals surface area (Å²) < 4.78 is 0. The van der Waals surface area contributed by atoms with E-state index in [-0.39, 0.29) is 0 Å². The second kappa shape index (κ2) is 11.6. The molecule has 0 aliphatic heterocycles. The largest absolute Gasteiger partial charge is 0.297 e. The predicted molar refractivity (Wildman–Crippen MR) is 119 cm³/mol. The number of nitrogens with zero attached hydrogens (tertiary/aromatic N) is 1. The molecule has 0 saturated carbocycles. The van der Waals surface area contributed by atoms with Crippen molar-refractivity contribution in [1.82, 2.24) is 0 Å². The second-order valence-electron chi connectivity index (χ2n) is 6.56. The molecule has 0 spiro atoms. The van der Waals surface area contributed by atoms with Crippen LogP contribution in [-0.2, 0) is 6.42 Å². The minimum Gasteiger partial charge on any atom is -0.297 e. The smallest absolute Gasteiger partial charge is 0.0277 e. The highest BCUT2D eigenvalue weighted by Crippen LogP contribution is 2.26. The van der Waals surface area contributed by atoms with E-state index in [1.54, 1.807) is 0 Å². The molecular weight excluding hydrogens is 333 g/mol. The van der Waals surface area contributed by atoms with Gasteiger partial charge in [0.25, 0.3) is 0 Å². The topological polar surface area (TPSA) is 12.4 Å². The molecule has 2 aromatic carbocycles. The first-order valence-corrected chi connectivity index (χ1v) is 11.0. The van der Waals surface area contributed by atoms with Crippen molar-refractivity contribution in [1.29, 1.82) is 0 Å². The van der Waals surface area contributed by atoms with Gasteiger partial charge in [0.15, 0.2) is 0 Å². The SMILES string of the molecule is C/N=C/C=C(\C=C/CC(Cc1ccccc1C)c1ccccc1)CPC. The Morgan fingerprint density at radius 1 is 1.08 bits per heavy atom. The van der Waals surface area contributed by atoms with Gasteiger partial charge in [-0.2, -0.15) is 0 Å². The molecule has 0 N–H and O–H groups in total. The molecule has 2 rings (SSSR count). The van der Waals surface area contributed by atoms with Crippen molar-refractivity contribution in [3.8, 4) is 0 Å². The van der Waals surface area contributed by atoms with Gasteiger partial charge < -0.3 is 0 Å². The van der Waals surface area contributed by atoms with E-state index < -0.39 is 0 Å². The predicted octanol–water partition coefficient (Wildman–Crippen LogP) is 6.20. The fourth-order valence-corrected chi connectivity index (χ4v) is 3.74. The number of hydrogen-bond donors (Lipinski definition) is 0. The summed E-state index contributed by atoms with van der Waals surface area (Å²) in [7, 11) is 2.74. The quantitative estimate of drug-likeness (QED) is 0.286. The summed E-state index contributed by atoms with van der Waals surface area (Å²) in [6.45, 7) is 4.45. The summed E-state index contributed by atoms with van der Waals surface area (Å²) in [5.74, 6) is 0.499. The minimum absolute atomic E-state index is 0.499. The van der Waals surface area contributed by atoms with Crippen LogP contribution in [0.4, 0.5) is 0 Å². The van der Waals surface area contributed by atoms with Crippen LogP contribution in [0.15, 0.2) is 83.4 Å². The van der Waals surface area contributed by atoms with Crippen LogP contribution in [0.3, 0.4) is 0 Å². The highest BCUT2D eigenvalue weighted by atomic mass is 31.1. The molecule has 0 fully saturated rings. The lowest BCUT2D eigenvalue weighted by Gasteiger charge is -2.17. The van der Waals surface area contributed by atoms with Crippen molar-refractivity contribution in [2.45, 2.75) is 25.7 Å². The molecule has 2 heteroatoms. The average molecular weight is 363 g/mol. The van der Waals surface area contributed by atoms with Crippen LogP contribution in [0.5, 0.6) is 0 Å². The molecule has 2 atom stereocenters. The van der Waals surface area contributed by atoms with Crippen LogP contribution >= 0.6 is 8.58 Å². The molecule has 2 aromatic rings. The maximum atomic E-state index is 4.08. The molecule has 26 heavy (non-hydrogen) atoms. The molecule has 2 unspecified atom stereocenters. The van der Waals surface area contributed by atoms with E-state index in [1.807, 2.05) is 13.3 Å². The van der Waals surface area contributed by atoms with Crippen molar-refractivity contribution in [3.63, 3.8) is 0 Å². The number of aryl methyl sites for hydroxylation is 1. The normalized spacial score (nSPS) is 14.0. The third kappa shape index (κ3) is 6.73. The van der Waals surface area contributed by atoms with Crippen molar-refractivity contribution in [2.24, 2.45) is 4.99 Å². The van der Waals surface area contributed by atoms with Gasteiger partial charge in [-0.1, -0.05) is 66.7 Å². The molecule has 0 radical (unpaired) electrons. The zero-order valence-electron chi connectivity index (χ0n) is 16.2. The number of aliphatic imine (C=N–C) groups is 1. The minimum atomic E-state index is 0.499. The Morgan fingerprint density at radius 2 is 1.81 bits per heavy atom. The number of allylic oxidation sites excluding steroid dienone is 4. The van der Waals surface area contributed by atoms with Gasteiger partial charge in [0, 0.05) is 13.3 Å². The van der Waals surface area contributed by atoms with Crippen LogP contribution in [0.25, 0.3) is 0 Å². The van der Waals surface area contributed by atoms with Crippen LogP contribution in [0, 0.1) is 6.92 Å². The van der Waals surface area contributed by atoms with Gasteiger partial charge in [0.2, 0.25) is 0 Å². The van der Waals surface area contributed by atoms with Crippen molar-refractivity contribution < 1.29 is 0 Å². The lowest BCUT2D eigenvalue weighted by atomic mass is 9.87. The molecule has 1 nitrogen and oxygen atoms in total. The average Bonchev–Trinajstić information content (AvgIpc) is 2.67. The highest BCUT2D eigenvalue weighted by Gasteiger charge is 2.12. The van der Waals surface area contributed by atoms with Gasteiger partial charge in [0.05, 0.1) is 0 Å². The van der Waals surface area contributed by atoms with Gasteiger partial charge in [-0.3, -0.25) is 4.99 Å². The second-order valence-corrected chi connectivity index (χ2v) is 7.62. The van der Waals surface area contributed by atoms with E-state index in [2.05, 4.69) is 91.4 Å². The van der Waals surface area contributed by atoms with E-state index in [4.69, 9.17) is 0 Å². The van der Waals surface area contributed by atoms with E-state index in [0.29, 0.717) is 5.92 Å². The van der Waals surface area contributed by atoms with Crippen molar-refractivity contribution >= 4 is 14.8 Å². The van der Waals surface area contributed by atoms with E-state index in [9.17, 15) is 0 Å². The lowest BCUT2D eigenvalue weighted by molar-refractivity contribution is 0.692. The molecule has 0 aliphatic rings. The van der Waals surface area contributed by atoms with E-state index >= 15 is 0 Å². The summed E-state index contributed by atoms with van der Waals surface area (Å²) in [5.41, 5.74) is 5.60. The van der Waals surface area contributed by atoms with Gasteiger partial charge >= 0.3 is 0 Å². The Morgan fingerprint density at radius 3 is 2.50 bits per heavy atom. The molecule has 0 aromatic heterocycles. The molecule has 0 bridgehead atoms. The Kier molecular flexibility index (Phi) is 9.07. The number of rotatable bonds is 9. The molecule has 136 valence electrons. The molecule has 0 amide bonds. The van der Waals surface area contributed by atoms with Crippen molar-refractivity contribution in [3.05, 3.63) is 95.1 Å². The fourth-order valence-electron chi connectivity index (χ4n) is 3.10. The van der Waals surface area contributed by atoms with Gasteiger partial charge in [-0.25, -0.2) is 0 Å². The lowest BCUT2D eigenvalue weighted by Crippen LogP contribution is -2.03. The maximum absolute atomic E-state index is 4.08. The third-order valence-corrected chi connectivity index (χ3v) is 5.33. The van der Waals surface area contributed by atoms with Crippen LogP contribution < -0.4 is 0 Å². The number of hydrogen-bond acceptors (Lipinski definition) is 1. The van der Waals surface area contributed by atoms with Gasteiger partial charge in [-0.15, -0.1) is 8.58 Å². The Labute approximate surface area is 160 Å². The van der Waals surface area contributed by atoms with E-state index in [1.165, 1.54) is 22.3 Å². The standard InChI is InChI=1S/C24H30NP/c1-20-10-7-8-14-23(20)18-24(22-12-5-4-6-13-22)15-9-11-21(19-26-3)16-17-25-2/h4-14,16-17,24,26H,15,18-19H2,1-3H3/b11-9-,21-16+,25-17+. The summed E-state index contributed by atoms with van der Waals surface area (Å²) >= 11 is 0.